The third kappa shape index (κ3) is 4.01. The van der Waals surface area contributed by atoms with Gasteiger partial charge in [0.2, 0.25) is 5.91 Å². The van der Waals surface area contributed by atoms with Gasteiger partial charge in [0.25, 0.3) is 0 Å². The molecular formula is C12H19N5O3S2. The van der Waals surface area contributed by atoms with E-state index in [4.69, 9.17) is 11.5 Å². The molecule has 0 unspecified atom stereocenters. The van der Waals surface area contributed by atoms with Crippen LogP contribution in [0.3, 0.4) is 0 Å². The fourth-order valence-corrected chi connectivity index (χ4v) is 4.94. The first kappa shape index (κ1) is 16.8. The van der Waals surface area contributed by atoms with E-state index in [2.05, 4.69) is 9.97 Å². The van der Waals surface area contributed by atoms with Crippen molar-refractivity contribution in [1.29, 1.82) is 0 Å². The van der Waals surface area contributed by atoms with E-state index < -0.39 is 15.1 Å². The Balaban J connectivity index is 2.02. The van der Waals surface area contributed by atoms with Gasteiger partial charge in [-0.1, -0.05) is 11.8 Å². The minimum Gasteiger partial charge on any atom is -0.383 e. The number of hydrogen-bond acceptors (Lipinski definition) is 8. The van der Waals surface area contributed by atoms with Gasteiger partial charge in [0.15, 0.2) is 15.0 Å². The lowest BCUT2D eigenvalue weighted by Crippen LogP contribution is -2.41. The molecule has 0 spiro atoms. The average molecular weight is 345 g/mol. The van der Waals surface area contributed by atoms with Crippen molar-refractivity contribution in [2.75, 3.05) is 30.0 Å². The van der Waals surface area contributed by atoms with Gasteiger partial charge < -0.3 is 16.4 Å². The molecule has 0 bridgehead atoms. The second-order valence-electron chi connectivity index (χ2n) is 5.27. The lowest BCUT2D eigenvalue weighted by atomic mass is 10.2. The van der Waals surface area contributed by atoms with Gasteiger partial charge in [-0.15, -0.1) is 0 Å². The summed E-state index contributed by atoms with van der Waals surface area (Å²) in [4.78, 5) is 21.9. The lowest BCUT2D eigenvalue weighted by molar-refractivity contribution is -0.130. The van der Waals surface area contributed by atoms with Gasteiger partial charge >= 0.3 is 0 Å². The van der Waals surface area contributed by atoms with Crippen molar-refractivity contribution in [2.24, 2.45) is 0 Å². The van der Waals surface area contributed by atoms with Gasteiger partial charge in [0.1, 0.15) is 11.6 Å². The van der Waals surface area contributed by atoms with Crippen LogP contribution in [0.2, 0.25) is 0 Å². The van der Waals surface area contributed by atoms with Gasteiger partial charge in [-0.25, -0.2) is 18.4 Å². The highest BCUT2D eigenvalue weighted by atomic mass is 32.2. The predicted octanol–water partition coefficient (Wildman–Crippen LogP) is -0.233. The second kappa shape index (κ2) is 6.29. The molecule has 1 saturated heterocycles. The zero-order chi connectivity index (χ0) is 16.5. The van der Waals surface area contributed by atoms with E-state index >= 15 is 0 Å². The molecule has 22 heavy (non-hydrogen) atoms. The fourth-order valence-electron chi connectivity index (χ4n) is 2.27. The summed E-state index contributed by atoms with van der Waals surface area (Å²) in [5.41, 5.74) is 11.2. The van der Waals surface area contributed by atoms with Crippen molar-refractivity contribution in [3.05, 3.63) is 6.07 Å². The molecule has 2 rings (SSSR count). The molecule has 2 heterocycles. The van der Waals surface area contributed by atoms with E-state index in [1.807, 2.05) is 0 Å². The first-order valence-electron chi connectivity index (χ1n) is 6.72. The highest BCUT2D eigenvalue weighted by Crippen LogP contribution is 2.25. The van der Waals surface area contributed by atoms with Gasteiger partial charge in [-0.05, 0) is 13.3 Å². The van der Waals surface area contributed by atoms with E-state index in [-0.39, 0.29) is 35.1 Å². The third-order valence-corrected chi connectivity index (χ3v) is 6.18. The average Bonchev–Trinajstić information content (AvgIpc) is 2.76. The van der Waals surface area contributed by atoms with Crippen LogP contribution in [0.15, 0.2) is 11.2 Å². The van der Waals surface area contributed by atoms with Crippen LogP contribution >= 0.6 is 11.8 Å². The maximum atomic E-state index is 12.4. The Hall–Kier alpha value is -1.55. The number of nitrogen functional groups attached to an aromatic ring is 2. The monoisotopic (exact) mass is 345 g/mol. The molecule has 0 saturated carbocycles. The van der Waals surface area contributed by atoms with Gasteiger partial charge in [0.05, 0.1) is 16.8 Å². The predicted molar refractivity (Wildman–Crippen MR) is 86.0 cm³/mol. The van der Waals surface area contributed by atoms with Crippen molar-refractivity contribution >= 4 is 39.1 Å². The molecule has 1 fully saturated rings. The Morgan fingerprint density at radius 3 is 2.50 bits per heavy atom. The molecule has 4 N–H and O–H groups in total. The number of rotatable bonds is 4. The van der Waals surface area contributed by atoms with E-state index in [1.54, 1.807) is 14.0 Å². The molecule has 1 aromatic heterocycles. The molecule has 8 nitrogen and oxygen atoms in total. The maximum Gasteiger partial charge on any atom is 0.235 e. The summed E-state index contributed by atoms with van der Waals surface area (Å²) in [6.45, 7) is 1.72. The van der Waals surface area contributed by atoms with Gasteiger partial charge in [-0.3, -0.25) is 4.79 Å². The van der Waals surface area contributed by atoms with Crippen molar-refractivity contribution in [3.63, 3.8) is 0 Å². The molecule has 122 valence electrons. The van der Waals surface area contributed by atoms with Crippen LogP contribution in [0.4, 0.5) is 11.6 Å². The van der Waals surface area contributed by atoms with Crippen molar-refractivity contribution in [3.8, 4) is 0 Å². The Morgan fingerprint density at radius 1 is 1.41 bits per heavy atom. The summed E-state index contributed by atoms with van der Waals surface area (Å²) in [6, 6.07) is 1.17. The highest BCUT2D eigenvalue weighted by molar-refractivity contribution is 8.00. The molecule has 0 aliphatic carbocycles. The molecule has 2 atom stereocenters. The Labute approximate surface area is 133 Å². The molecule has 1 aromatic rings. The van der Waals surface area contributed by atoms with Crippen LogP contribution in [-0.4, -0.2) is 59.0 Å². The SMILES string of the molecule is C[C@@H](Sc1nc(N)cc(N)n1)C(=O)N(C)[C@H]1CCS(=O)(=O)C1. The number of thioether (sulfide) groups is 1. The zero-order valence-corrected chi connectivity index (χ0v) is 14.0. The van der Waals surface area contributed by atoms with Crippen LogP contribution in [0.1, 0.15) is 13.3 Å². The van der Waals surface area contributed by atoms with Crippen LogP contribution in [0, 0.1) is 0 Å². The Kier molecular flexibility index (Phi) is 4.81. The standard InChI is InChI=1S/C12H19N5O3S2/c1-7(21-12-15-9(13)5-10(14)16-12)11(18)17(2)8-3-4-22(19,20)6-8/h5,7-8H,3-4,6H2,1-2H3,(H4,13,14,15,16)/t7-,8+/m1/s1. The maximum absolute atomic E-state index is 12.4. The minimum absolute atomic E-state index is 0.0222. The van der Waals surface area contributed by atoms with Crippen LogP contribution in [0.5, 0.6) is 0 Å². The molecular weight excluding hydrogens is 326 g/mol. The number of anilines is 2. The quantitative estimate of drug-likeness (QED) is 0.565. The summed E-state index contributed by atoms with van der Waals surface area (Å²) >= 11 is 1.14. The number of aromatic nitrogens is 2. The zero-order valence-electron chi connectivity index (χ0n) is 12.4. The smallest absolute Gasteiger partial charge is 0.235 e. The number of nitrogens with two attached hydrogens (primary N) is 2. The molecule has 1 aliphatic rings. The molecule has 1 aliphatic heterocycles. The number of carbonyl (C=O) groups excluding carboxylic acids is 1. The van der Waals surface area contributed by atoms with E-state index in [9.17, 15) is 13.2 Å². The summed E-state index contributed by atoms with van der Waals surface area (Å²) in [5, 5.41) is -0.139. The minimum atomic E-state index is -3.03. The fraction of sp³-hybridized carbons (Fsp3) is 0.583. The van der Waals surface area contributed by atoms with Crippen molar-refractivity contribution in [2.45, 2.75) is 29.8 Å². The van der Waals surface area contributed by atoms with Gasteiger partial charge in [0, 0.05) is 19.2 Å². The normalized spacial score (nSPS) is 21.5. The summed E-state index contributed by atoms with van der Waals surface area (Å²) in [5.74, 6) is 0.464. The van der Waals surface area contributed by atoms with E-state index in [1.165, 1.54) is 11.0 Å². The Morgan fingerprint density at radius 2 is 2.00 bits per heavy atom. The molecule has 0 aromatic carbocycles. The Bertz CT molecular complexity index is 659. The highest BCUT2D eigenvalue weighted by Gasteiger charge is 2.34. The first-order valence-corrected chi connectivity index (χ1v) is 9.42. The summed E-state index contributed by atoms with van der Waals surface area (Å²) < 4.78 is 23.0. The van der Waals surface area contributed by atoms with Crippen LogP contribution in [0.25, 0.3) is 0 Å². The van der Waals surface area contributed by atoms with Gasteiger partial charge in [-0.2, -0.15) is 0 Å². The summed E-state index contributed by atoms with van der Waals surface area (Å²) in [6.07, 6.45) is 0.476. The van der Waals surface area contributed by atoms with Crippen molar-refractivity contribution < 1.29 is 13.2 Å². The largest absolute Gasteiger partial charge is 0.383 e. The first-order chi connectivity index (χ1) is 10.2. The topological polar surface area (TPSA) is 132 Å². The number of amides is 1. The van der Waals surface area contributed by atoms with Crippen LogP contribution < -0.4 is 11.5 Å². The third-order valence-electron chi connectivity index (χ3n) is 3.48. The second-order valence-corrected chi connectivity index (χ2v) is 8.80. The molecule has 1 amide bonds. The van der Waals surface area contributed by atoms with E-state index in [0.717, 1.165) is 11.8 Å². The summed E-state index contributed by atoms with van der Waals surface area (Å²) in [7, 11) is -1.40. The molecule has 0 radical (unpaired) electrons. The number of carbonyl (C=O) groups is 1. The molecule has 10 heteroatoms. The number of sulfone groups is 1. The number of hydrogen-bond donors (Lipinski definition) is 2. The van der Waals surface area contributed by atoms with E-state index in [0.29, 0.717) is 11.6 Å². The van der Waals surface area contributed by atoms with Crippen LogP contribution in [-0.2, 0) is 14.6 Å². The van der Waals surface area contributed by atoms with Crippen molar-refractivity contribution in [1.82, 2.24) is 14.9 Å². The lowest BCUT2D eigenvalue weighted by Gasteiger charge is -2.26. The number of nitrogens with zero attached hydrogens (tertiary/aromatic N) is 3.